The van der Waals surface area contributed by atoms with Gasteiger partial charge in [0.05, 0.1) is 22.8 Å². The monoisotopic (exact) mass is 429 g/mol. The molecule has 0 spiro atoms. The van der Waals surface area contributed by atoms with E-state index in [0.717, 1.165) is 28.7 Å². The van der Waals surface area contributed by atoms with E-state index in [4.69, 9.17) is 4.74 Å². The average molecular weight is 430 g/mol. The Labute approximate surface area is 173 Å². The van der Waals surface area contributed by atoms with Crippen molar-refractivity contribution in [1.82, 2.24) is 9.55 Å². The zero-order valence-electron chi connectivity index (χ0n) is 15.7. The SMILES string of the molecule is CCOC(=O)c1ccc(S(=O)(=O)Nc2cccc(-c3cn4c(n3)SCC4)c2)cc1. The second-order valence-electron chi connectivity index (χ2n) is 6.38. The predicted octanol–water partition coefficient (Wildman–Crippen LogP) is 3.63. The molecule has 4 rings (SSSR count). The highest BCUT2D eigenvalue weighted by Crippen LogP contribution is 2.30. The lowest BCUT2D eigenvalue weighted by Gasteiger charge is -2.10. The number of nitrogens with zero attached hydrogens (tertiary/aromatic N) is 2. The Morgan fingerprint density at radius 3 is 2.76 bits per heavy atom. The Morgan fingerprint density at radius 2 is 2.03 bits per heavy atom. The van der Waals surface area contributed by atoms with Crippen LogP contribution >= 0.6 is 11.8 Å². The fourth-order valence-electron chi connectivity index (χ4n) is 2.99. The number of rotatable bonds is 6. The van der Waals surface area contributed by atoms with E-state index in [9.17, 15) is 13.2 Å². The number of imidazole rings is 1. The highest BCUT2D eigenvalue weighted by molar-refractivity contribution is 7.99. The van der Waals surface area contributed by atoms with Crippen LogP contribution in [0.25, 0.3) is 11.3 Å². The molecule has 0 amide bonds. The van der Waals surface area contributed by atoms with Crippen LogP contribution in [0.5, 0.6) is 0 Å². The molecule has 0 bridgehead atoms. The summed E-state index contributed by atoms with van der Waals surface area (Å²) in [5.74, 6) is 0.541. The number of aromatic nitrogens is 2. The van der Waals surface area contributed by atoms with Crippen LogP contribution in [0.3, 0.4) is 0 Å². The van der Waals surface area contributed by atoms with Crippen LogP contribution in [0.1, 0.15) is 17.3 Å². The van der Waals surface area contributed by atoms with Gasteiger partial charge in [-0.15, -0.1) is 0 Å². The van der Waals surface area contributed by atoms with Crippen molar-refractivity contribution in [2.75, 3.05) is 17.1 Å². The van der Waals surface area contributed by atoms with Crippen molar-refractivity contribution in [3.63, 3.8) is 0 Å². The van der Waals surface area contributed by atoms with Crippen LogP contribution in [0, 0.1) is 0 Å². The van der Waals surface area contributed by atoms with Gasteiger partial charge in [0, 0.05) is 29.7 Å². The number of hydrogen-bond donors (Lipinski definition) is 1. The molecule has 2 aromatic carbocycles. The van der Waals surface area contributed by atoms with E-state index in [-0.39, 0.29) is 11.5 Å². The molecule has 9 heteroatoms. The summed E-state index contributed by atoms with van der Waals surface area (Å²) in [6.07, 6.45) is 1.98. The van der Waals surface area contributed by atoms with Crippen molar-refractivity contribution in [3.8, 4) is 11.3 Å². The molecule has 3 aromatic rings. The first-order valence-corrected chi connectivity index (χ1v) is 11.5. The van der Waals surface area contributed by atoms with Gasteiger partial charge in [-0.25, -0.2) is 18.2 Å². The Morgan fingerprint density at radius 1 is 1.24 bits per heavy atom. The van der Waals surface area contributed by atoms with Crippen LogP contribution in [-0.4, -0.2) is 36.3 Å². The zero-order chi connectivity index (χ0) is 20.4. The van der Waals surface area contributed by atoms with Crippen LogP contribution in [0.4, 0.5) is 5.69 Å². The number of hydrogen-bond acceptors (Lipinski definition) is 6. The van der Waals surface area contributed by atoms with Gasteiger partial charge < -0.3 is 9.30 Å². The van der Waals surface area contributed by atoms with Gasteiger partial charge in [-0.2, -0.15) is 0 Å². The Hall–Kier alpha value is -2.78. The Bertz CT molecular complexity index is 1130. The average Bonchev–Trinajstić information content (AvgIpc) is 3.30. The molecule has 0 saturated carbocycles. The number of nitrogens with one attached hydrogen (secondary N) is 1. The van der Waals surface area contributed by atoms with Crippen molar-refractivity contribution < 1.29 is 17.9 Å². The number of benzene rings is 2. The summed E-state index contributed by atoms with van der Waals surface area (Å²) in [5, 5.41) is 0.979. The van der Waals surface area contributed by atoms with Crippen molar-refractivity contribution in [2.45, 2.75) is 23.5 Å². The van der Waals surface area contributed by atoms with E-state index in [1.807, 2.05) is 12.3 Å². The summed E-state index contributed by atoms with van der Waals surface area (Å²) in [4.78, 5) is 16.4. The van der Waals surface area contributed by atoms with E-state index in [1.54, 1.807) is 36.9 Å². The fourth-order valence-corrected chi connectivity index (χ4v) is 4.98. The van der Waals surface area contributed by atoms with Gasteiger partial charge in [0.15, 0.2) is 5.16 Å². The molecule has 1 aliphatic heterocycles. The number of aryl methyl sites for hydroxylation is 1. The van der Waals surface area contributed by atoms with E-state index < -0.39 is 16.0 Å². The molecule has 0 fully saturated rings. The maximum absolute atomic E-state index is 12.7. The molecule has 0 saturated heterocycles. The number of thioether (sulfide) groups is 1. The van der Waals surface area contributed by atoms with E-state index in [1.165, 1.54) is 24.3 Å². The van der Waals surface area contributed by atoms with Gasteiger partial charge in [0.25, 0.3) is 10.0 Å². The lowest BCUT2D eigenvalue weighted by atomic mass is 10.1. The molecule has 0 radical (unpaired) electrons. The van der Waals surface area contributed by atoms with E-state index in [2.05, 4.69) is 14.3 Å². The molecule has 0 atom stereocenters. The zero-order valence-corrected chi connectivity index (χ0v) is 17.3. The molecule has 0 unspecified atom stereocenters. The molecule has 1 aromatic heterocycles. The fraction of sp³-hybridized carbons (Fsp3) is 0.200. The molecule has 29 heavy (non-hydrogen) atoms. The quantitative estimate of drug-likeness (QED) is 0.602. The van der Waals surface area contributed by atoms with E-state index in [0.29, 0.717) is 11.3 Å². The van der Waals surface area contributed by atoms with Crippen LogP contribution in [-0.2, 0) is 21.3 Å². The number of ether oxygens (including phenoxy) is 1. The Kier molecular flexibility index (Phi) is 5.33. The summed E-state index contributed by atoms with van der Waals surface area (Å²) in [6.45, 7) is 2.90. The van der Waals surface area contributed by atoms with Gasteiger partial charge in [0.1, 0.15) is 0 Å². The molecule has 0 aliphatic carbocycles. The van der Waals surface area contributed by atoms with Crippen LogP contribution in [0.15, 0.2) is 64.8 Å². The van der Waals surface area contributed by atoms with E-state index >= 15 is 0 Å². The first kappa shape index (κ1) is 19.5. The third kappa shape index (κ3) is 4.15. The van der Waals surface area contributed by atoms with Crippen molar-refractivity contribution in [3.05, 3.63) is 60.3 Å². The van der Waals surface area contributed by atoms with Crippen LogP contribution < -0.4 is 4.72 Å². The molecular formula is C20H19N3O4S2. The first-order valence-electron chi connectivity index (χ1n) is 9.07. The molecule has 2 heterocycles. The molecular weight excluding hydrogens is 410 g/mol. The van der Waals surface area contributed by atoms with Crippen LogP contribution in [0.2, 0.25) is 0 Å². The summed E-state index contributed by atoms with van der Waals surface area (Å²) >= 11 is 1.71. The minimum Gasteiger partial charge on any atom is -0.462 e. The number of carbonyl (C=O) groups excluding carboxylic acids is 1. The minimum atomic E-state index is -3.80. The maximum atomic E-state index is 12.7. The summed E-state index contributed by atoms with van der Waals surface area (Å²) in [6, 6.07) is 12.8. The van der Waals surface area contributed by atoms with Gasteiger partial charge in [-0.3, -0.25) is 4.72 Å². The number of esters is 1. The normalized spacial score (nSPS) is 13.1. The maximum Gasteiger partial charge on any atom is 0.338 e. The first-order chi connectivity index (χ1) is 14.0. The third-order valence-corrected chi connectivity index (χ3v) is 6.76. The van der Waals surface area contributed by atoms with Crippen molar-refractivity contribution in [2.24, 2.45) is 0 Å². The van der Waals surface area contributed by atoms with Gasteiger partial charge in [0.2, 0.25) is 0 Å². The van der Waals surface area contributed by atoms with Gasteiger partial charge >= 0.3 is 5.97 Å². The van der Waals surface area contributed by atoms with Crippen molar-refractivity contribution in [1.29, 1.82) is 0 Å². The molecule has 150 valence electrons. The van der Waals surface area contributed by atoms with Gasteiger partial charge in [-0.1, -0.05) is 23.9 Å². The van der Waals surface area contributed by atoms with Crippen molar-refractivity contribution >= 4 is 33.4 Å². The highest BCUT2D eigenvalue weighted by Gasteiger charge is 2.18. The molecule has 7 nitrogen and oxygen atoms in total. The van der Waals surface area contributed by atoms with Gasteiger partial charge in [-0.05, 0) is 43.3 Å². The number of sulfonamides is 1. The molecule has 1 aliphatic rings. The standard InChI is InChI=1S/C20H19N3O4S2/c1-2-27-19(24)14-6-8-17(9-7-14)29(25,26)22-16-5-3-4-15(12-16)18-13-23-10-11-28-20(23)21-18/h3-9,12-13,22H,2,10-11H2,1H3. The lowest BCUT2D eigenvalue weighted by molar-refractivity contribution is 0.0526. The number of carbonyl (C=O) groups is 1. The topological polar surface area (TPSA) is 90.3 Å². The Balaban J connectivity index is 1.54. The second kappa shape index (κ2) is 7.92. The highest BCUT2D eigenvalue weighted by atomic mass is 32.2. The second-order valence-corrected chi connectivity index (χ2v) is 9.13. The molecule has 1 N–H and O–H groups in total. The number of anilines is 1. The predicted molar refractivity (Wildman–Crippen MR) is 112 cm³/mol. The summed E-state index contributed by atoms with van der Waals surface area (Å²) in [5.41, 5.74) is 2.40. The smallest absolute Gasteiger partial charge is 0.338 e. The summed E-state index contributed by atoms with van der Waals surface area (Å²) in [7, 11) is -3.80. The minimum absolute atomic E-state index is 0.0633. The number of fused-ring (bicyclic) bond motifs is 1. The lowest BCUT2D eigenvalue weighted by Crippen LogP contribution is -2.13. The summed E-state index contributed by atoms with van der Waals surface area (Å²) < 4.78 is 35.0. The largest absolute Gasteiger partial charge is 0.462 e. The third-order valence-electron chi connectivity index (χ3n) is 4.39.